The van der Waals surface area contributed by atoms with Gasteiger partial charge in [0.2, 0.25) is 0 Å². The zero-order valence-electron chi connectivity index (χ0n) is 19.2. The largest absolute Gasteiger partial charge is 0.476 e. The highest BCUT2D eigenvalue weighted by molar-refractivity contribution is 7.93. The third kappa shape index (κ3) is 5.03. The molecule has 3 aromatic rings. The minimum absolute atomic E-state index is 0.0672. The molecule has 2 amide bonds. The Balaban J connectivity index is 1.60. The van der Waals surface area contributed by atoms with Gasteiger partial charge in [-0.3, -0.25) is 10.1 Å². The van der Waals surface area contributed by atoms with Crippen LogP contribution in [0.25, 0.3) is 0 Å². The molecule has 0 saturated heterocycles. The molecule has 1 aliphatic rings. The molecule has 36 heavy (non-hydrogen) atoms. The fourth-order valence-corrected chi connectivity index (χ4v) is 6.26. The molecule has 14 nitrogen and oxygen atoms in total. The van der Waals surface area contributed by atoms with E-state index in [-0.39, 0.29) is 22.5 Å². The zero-order chi connectivity index (χ0) is 26.0. The first-order valence-corrected chi connectivity index (χ1v) is 13.0. The van der Waals surface area contributed by atoms with Gasteiger partial charge in [0.15, 0.2) is 20.8 Å². The molecule has 0 bridgehead atoms. The number of carbonyl (C=O) groups excluding carboxylic acids is 2. The maximum atomic E-state index is 13.2. The molecule has 0 spiro atoms. The van der Waals surface area contributed by atoms with Crippen molar-refractivity contribution >= 4 is 55.5 Å². The summed E-state index contributed by atoms with van der Waals surface area (Å²) in [6.45, 7) is 0. The lowest BCUT2D eigenvalue weighted by atomic mass is 9.94. The molecule has 1 fully saturated rings. The normalized spacial score (nSPS) is 13.9. The molecular weight excluding hydrogens is 512 g/mol. The van der Waals surface area contributed by atoms with Crippen LogP contribution < -0.4 is 15.5 Å². The smallest absolute Gasteiger partial charge is 0.356 e. The number of anilines is 3. The topological polar surface area (TPSA) is 200 Å². The molecule has 2 aromatic heterocycles. The second-order valence-electron chi connectivity index (χ2n) is 8.21. The molecule has 1 saturated carbocycles. The average Bonchev–Trinajstić information content (AvgIpc) is 3.60. The number of carboxylic acid groups (broad SMARTS) is 1. The lowest BCUT2D eigenvalue weighted by molar-refractivity contribution is 0.0687. The predicted molar refractivity (Wildman–Crippen MR) is 128 cm³/mol. The number of H-pyrrole nitrogens is 1. The summed E-state index contributed by atoms with van der Waals surface area (Å²) in [4.78, 5) is 43.1. The number of aromatic carboxylic acids is 1. The highest BCUT2D eigenvalue weighted by atomic mass is 32.2. The second kappa shape index (κ2) is 9.98. The Hall–Kier alpha value is -3.92. The van der Waals surface area contributed by atoms with E-state index in [0.717, 1.165) is 31.4 Å². The van der Waals surface area contributed by atoms with Crippen LogP contribution in [0.3, 0.4) is 0 Å². The molecule has 1 aromatic carbocycles. The number of hydrogen-bond acceptors (Lipinski definition) is 11. The van der Waals surface area contributed by atoms with E-state index in [4.69, 9.17) is 0 Å². The number of tetrazole rings is 1. The van der Waals surface area contributed by atoms with Crippen LogP contribution in [0.1, 0.15) is 46.5 Å². The predicted octanol–water partition coefficient (Wildman–Crippen LogP) is 2.27. The van der Waals surface area contributed by atoms with Crippen molar-refractivity contribution in [2.45, 2.75) is 35.0 Å². The summed E-state index contributed by atoms with van der Waals surface area (Å²) in [7, 11) is -0.777. The molecule has 0 atom stereocenters. The van der Waals surface area contributed by atoms with Crippen LogP contribution in [0.2, 0.25) is 0 Å². The SMILES string of the molecule is CN(C)c1ccc(NC(=O)Nc2nc(C(=O)O)c(S(=O)(=O)c3nn[nH]n3)s2)c(C(=O)C2CCCC2)c1. The van der Waals surface area contributed by atoms with Crippen LogP contribution in [0.4, 0.5) is 21.3 Å². The highest BCUT2D eigenvalue weighted by Gasteiger charge is 2.33. The number of Topliss-reactive ketones (excluding diaryl/α,β-unsaturated/α-hetero) is 1. The fourth-order valence-electron chi connectivity index (χ4n) is 3.81. The first kappa shape index (κ1) is 25.2. The van der Waals surface area contributed by atoms with Crippen molar-refractivity contribution in [1.29, 1.82) is 0 Å². The van der Waals surface area contributed by atoms with Gasteiger partial charge in [0.1, 0.15) is 0 Å². The van der Waals surface area contributed by atoms with Gasteiger partial charge in [-0.25, -0.2) is 23.0 Å². The number of ketones is 1. The summed E-state index contributed by atoms with van der Waals surface area (Å²) in [5.41, 5.74) is 0.607. The van der Waals surface area contributed by atoms with Crippen LogP contribution in [0.5, 0.6) is 0 Å². The van der Waals surface area contributed by atoms with Crippen molar-refractivity contribution in [3.63, 3.8) is 0 Å². The van der Waals surface area contributed by atoms with Gasteiger partial charge in [0, 0.05) is 31.3 Å². The van der Waals surface area contributed by atoms with Crippen LogP contribution in [0, 0.1) is 5.92 Å². The van der Waals surface area contributed by atoms with Gasteiger partial charge in [-0.05, 0) is 36.3 Å². The van der Waals surface area contributed by atoms with Crippen molar-refractivity contribution < 1.29 is 27.9 Å². The summed E-state index contributed by atoms with van der Waals surface area (Å²) < 4.78 is 24.7. The number of thiazole rings is 1. The highest BCUT2D eigenvalue weighted by Crippen LogP contribution is 2.33. The Kier molecular flexibility index (Phi) is 6.98. The second-order valence-corrected chi connectivity index (χ2v) is 11.2. The van der Waals surface area contributed by atoms with Crippen LogP contribution in [-0.4, -0.2) is 71.0 Å². The first-order chi connectivity index (χ1) is 17.1. The molecule has 190 valence electrons. The summed E-state index contributed by atoms with van der Waals surface area (Å²) in [6.07, 6.45) is 3.51. The van der Waals surface area contributed by atoms with E-state index < -0.39 is 36.9 Å². The van der Waals surface area contributed by atoms with Gasteiger partial charge in [0.05, 0.1) is 5.69 Å². The number of carboxylic acids is 1. The Bertz CT molecular complexity index is 1410. The molecule has 16 heteroatoms. The maximum Gasteiger partial charge on any atom is 0.356 e. The van der Waals surface area contributed by atoms with Gasteiger partial charge in [-0.15, -0.1) is 5.10 Å². The Morgan fingerprint density at radius 3 is 2.50 bits per heavy atom. The van der Waals surface area contributed by atoms with Crippen molar-refractivity contribution in [2.75, 3.05) is 29.6 Å². The molecule has 4 rings (SSSR count). The van der Waals surface area contributed by atoms with Gasteiger partial charge in [0.25, 0.3) is 15.0 Å². The number of rotatable bonds is 8. The molecular formula is C20H22N8O6S2. The lowest BCUT2D eigenvalue weighted by Gasteiger charge is -2.18. The fraction of sp³-hybridized carbons (Fsp3) is 0.350. The van der Waals surface area contributed by atoms with Crippen LogP contribution >= 0.6 is 11.3 Å². The summed E-state index contributed by atoms with van der Waals surface area (Å²) >= 11 is 0.422. The standard InChI is InChI=1S/C20H22N8O6S2/c1-28(2)11-7-8-13(12(9-11)15(29)10-5-3-4-6-10)21-18(32)23-19-22-14(16(30)31)17(35-19)36(33,34)20-24-26-27-25-20/h7-10H,3-6H2,1-2H3,(H,30,31)(H2,21,22,23,32)(H,24,25,26,27). The number of aromatic amines is 1. The summed E-state index contributed by atoms with van der Waals surface area (Å²) in [6, 6.07) is 4.22. The lowest BCUT2D eigenvalue weighted by Crippen LogP contribution is -2.22. The van der Waals surface area contributed by atoms with Gasteiger partial charge >= 0.3 is 12.0 Å². The summed E-state index contributed by atoms with van der Waals surface area (Å²) in [5.74, 6) is -1.81. The first-order valence-electron chi connectivity index (χ1n) is 10.7. The molecule has 0 radical (unpaired) electrons. The third-order valence-electron chi connectivity index (χ3n) is 5.59. The van der Waals surface area contributed by atoms with E-state index >= 15 is 0 Å². The number of urea groups is 1. The molecule has 0 aliphatic heterocycles. The van der Waals surface area contributed by atoms with Crippen LogP contribution in [-0.2, 0) is 9.84 Å². The molecule has 4 N–H and O–H groups in total. The van der Waals surface area contributed by atoms with E-state index in [1.54, 1.807) is 18.2 Å². The van der Waals surface area contributed by atoms with E-state index in [0.29, 0.717) is 16.9 Å². The molecule has 2 heterocycles. The third-order valence-corrected chi connectivity index (χ3v) is 8.60. The minimum atomic E-state index is -4.45. The average molecular weight is 535 g/mol. The Morgan fingerprint density at radius 2 is 1.89 bits per heavy atom. The monoisotopic (exact) mass is 534 g/mol. The van der Waals surface area contributed by atoms with Crippen molar-refractivity contribution in [3.8, 4) is 0 Å². The van der Waals surface area contributed by atoms with E-state index in [9.17, 15) is 27.9 Å². The number of nitrogens with one attached hydrogen (secondary N) is 3. The molecule has 0 unspecified atom stereocenters. The Morgan fingerprint density at radius 1 is 1.17 bits per heavy atom. The van der Waals surface area contributed by atoms with Crippen molar-refractivity contribution in [1.82, 2.24) is 25.6 Å². The van der Waals surface area contributed by atoms with E-state index in [1.165, 1.54) is 0 Å². The quantitative estimate of drug-likeness (QED) is 0.309. The number of nitrogens with zero attached hydrogens (tertiary/aromatic N) is 5. The number of aromatic nitrogens is 5. The maximum absolute atomic E-state index is 13.2. The molecule has 1 aliphatic carbocycles. The number of amides is 2. The van der Waals surface area contributed by atoms with Crippen LogP contribution in [0.15, 0.2) is 27.6 Å². The van der Waals surface area contributed by atoms with E-state index in [1.807, 2.05) is 24.2 Å². The Labute approximate surface area is 209 Å². The number of hydrogen-bond donors (Lipinski definition) is 4. The van der Waals surface area contributed by atoms with Crippen molar-refractivity contribution in [3.05, 3.63) is 29.5 Å². The zero-order valence-corrected chi connectivity index (χ0v) is 20.8. The number of carbonyl (C=O) groups is 3. The van der Waals surface area contributed by atoms with Gasteiger partial charge < -0.3 is 15.3 Å². The minimum Gasteiger partial charge on any atom is -0.476 e. The summed E-state index contributed by atoms with van der Waals surface area (Å²) in [5, 5.41) is 25.3. The number of benzene rings is 1. The number of sulfone groups is 1. The van der Waals surface area contributed by atoms with Gasteiger partial charge in [-0.2, -0.15) is 5.21 Å². The van der Waals surface area contributed by atoms with Gasteiger partial charge in [-0.1, -0.05) is 29.3 Å². The van der Waals surface area contributed by atoms with E-state index in [2.05, 4.69) is 31.0 Å². The van der Waals surface area contributed by atoms with Crippen molar-refractivity contribution in [2.24, 2.45) is 5.92 Å².